The van der Waals surface area contributed by atoms with Crippen molar-refractivity contribution in [2.24, 2.45) is 5.92 Å². The van der Waals surface area contributed by atoms with Gasteiger partial charge in [-0.25, -0.2) is 0 Å². The summed E-state index contributed by atoms with van der Waals surface area (Å²) in [4.78, 5) is 0. The average molecular weight is 247 g/mol. The number of fused-ring (bicyclic) bond motifs is 2. The first-order valence-corrected chi connectivity index (χ1v) is 6.95. The maximum Gasteiger partial charge on any atom is 0.161 e. The lowest BCUT2D eigenvalue weighted by Gasteiger charge is -2.32. The van der Waals surface area contributed by atoms with Crippen LogP contribution in [0.4, 0.5) is 0 Å². The third-order valence-electron chi connectivity index (χ3n) is 4.11. The van der Waals surface area contributed by atoms with E-state index in [1.807, 2.05) is 0 Å². The molecule has 0 saturated carbocycles. The van der Waals surface area contributed by atoms with Gasteiger partial charge in [-0.2, -0.15) is 0 Å². The maximum absolute atomic E-state index is 5.70. The molecule has 0 amide bonds. The fourth-order valence-corrected chi connectivity index (χ4v) is 2.87. The predicted molar refractivity (Wildman–Crippen MR) is 71.3 cm³/mol. The smallest absolute Gasteiger partial charge is 0.161 e. The molecule has 3 heteroatoms. The summed E-state index contributed by atoms with van der Waals surface area (Å²) in [5.41, 5.74) is 2.82. The first kappa shape index (κ1) is 11.8. The highest BCUT2D eigenvalue weighted by Gasteiger charge is 2.26. The molecule has 0 spiro atoms. The van der Waals surface area contributed by atoms with Crippen molar-refractivity contribution in [3.63, 3.8) is 0 Å². The second-order valence-corrected chi connectivity index (χ2v) is 5.26. The quantitative estimate of drug-likeness (QED) is 0.871. The molecule has 1 aromatic carbocycles. The first-order chi connectivity index (χ1) is 8.79. The Morgan fingerprint density at radius 3 is 2.72 bits per heavy atom. The van der Waals surface area contributed by atoms with Crippen LogP contribution in [0.15, 0.2) is 12.1 Å². The van der Waals surface area contributed by atoms with Crippen molar-refractivity contribution in [2.75, 3.05) is 19.8 Å². The standard InChI is InChI=1S/C15H21NO2/c1-3-10(2)15-12-9-14-13(17-6-7-18-14)8-11(12)4-5-16-15/h8-10,15-16H,3-7H2,1-2H3. The SMILES string of the molecule is CCC(C)C1NCCc2cc3c(cc21)OCCO3. The third kappa shape index (κ3) is 1.97. The molecule has 2 unspecified atom stereocenters. The molecule has 3 nitrogen and oxygen atoms in total. The third-order valence-corrected chi connectivity index (χ3v) is 4.11. The van der Waals surface area contributed by atoms with Crippen LogP contribution >= 0.6 is 0 Å². The molecule has 1 N–H and O–H groups in total. The molecule has 2 heterocycles. The van der Waals surface area contributed by atoms with E-state index in [9.17, 15) is 0 Å². The maximum atomic E-state index is 5.70. The number of rotatable bonds is 2. The van der Waals surface area contributed by atoms with Crippen molar-refractivity contribution in [3.05, 3.63) is 23.3 Å². The Morgan fingerprint density at radius 1 is 1.28 bits per heavy atom. The Hall–Kier alpha value is -1.22. The topological polar surface area (TPSA) is 30.5 Å². The van der Waals surface area contributed by atoms with E-state index in [1.54, 1.807) is 0 Å². The van der Waals surface area contributed by atoms with Crippen molar-refractivity contribution < 1.29 is 9.47 Å². The molecule has 0 radical (unpaired) electrons. The second kappa shape index (κ2) is 4.81. The highest BCUT2D eigenvalue weighted by Crippen LogP contribution is 2.39. The summed E-state index contributed by atoms with van der Waals surface area (Å²) in [7, 11) is 0. The normalized spacial score (nSPS) is 23.3. The summed E-state index contributed by atoms with van der Waals surface area (Å²) in [6.07, 6.45) is 2.27. The number of nitrogens with one attached hydrogen (secondary N) is 1. The highest BCUT2D eigenvalue weighted by molar-refractivity contribution is 5.50. The van der Waals surface area contributed by atoms with E-state index < -0.39 is 0 Å². The lowest BCUT2D eigenvalue weighted by molar-refractivity contribution is 0.170. The van der Waals surface area contributed by atoms with Gasteiger partial charge in [-0.3, -0.25) is 0 Å². The van der Waals surface area contributed by atoms with Crippen LogP contribution in [0.1, 0.15) is 37.4 Å². The molecule has 2 aliphatic rings. The Morgan fingerprint density at radius 2 is 2.00 bits per heavy atom. The number of hydrogen-bond acceptors (Lipinski definition) is 3. The van der Waals surface area contributed by atoms with Gasteiger partial charge in [0.05, 0.1) is 0 Å². The van der Waals surface area contributed by atoms with Crippen molar-refractivity contribution in [1.82, 2.24) is 5.32 Å². The van der Waals surface area contributed by atoms with Crippen molar-refractivity contribution in [1.29, 1.82) is 0 Å². The molecule has 3 rings (SSSR count). The van der Waals surface area contributed by atoms with Crippen LogP contribution in [-0.4, -0.2) is 19.8 Å². The lowest BCUT2D eigenvalue weighted by Crippen LogP contribution is -2.34. The van der Waals surface area contributed by atoms with Gasteiger partial charge in [0.1, 0.15) is 13.2 Å². The van der Waals surface area contributed by atoms with Gasteiger partial charge < -0.3 is 14.8 Å². The zero-order chi connectivity index (χ0) is 12.5. The molecule has 2 aliphatic heterocycles. The van der Waals surface area contributed by atoms with E-state index in [-0.39, 0.29) is 0 Å². The van der Waals surface area contributed by atoms with E-state index in [2.05, 4.69) is 31.3 Å². The molecular formula is C15H21NO2. The molecule has 1 aromatic rings. The number of ether oxygens (including phenoxy) is 2. The van der Waals surface area contributed by atoms with Gasteiger partial charge in [-0.05, 0) is 42.1 Å². The zero-order valence-corrected chi connectivity index (χ0v) is 11.2. The average Bonchev–Trinajstić information content (AvgIpc) is 2.43. The van der Waals surface area contributed by atoms with Crippen LogP contribution in [0.5, 0.6) is 11.5 Å². The molecule has 2 atom stereocenters. The fourth-order valence-electron chi connectivity index (χ4n) is 2.87. The molecule has 0 fully saturated rings. The van der Waals surface area contributed by atoms with Gasteiger partial charge in [0.25, 0.3) is 0 Å². The van der Waals surface area contributed by atoms with E-state index in [1.165, 1.54) is 17.5 Å². The summed E-state index contributed by atoms with van der Waals surface area (Å²) in [6.45, 7) is 6.94. The Bertz CT molecular complexity index is 444. The molecule has 98 valence electrons. The van der Waals surface area contributed by atoms with Crippen molar-refractivity contribution in [3.8, 4) is 11.5 Å². The van der Waals surface area contributed by atoms with Crippen LogP contribution in [0.2, 0.25) is 0 Å². The number of benzene rings is 1. The molecule has 0 aromatic heterocycles. The van der Waals surface area contributed by atoms with E-state index >= 15 is 0 Å². The molecule has 0 bridgehead atoms. The minimum Gasteiger partial charge on any atom is -0.486 e. The van der Waals surface area contributed by atoms with Gasteiger partial charge in [0, 0.05) is 6.04 Å². The Kier molecular flexibility index (Phi) is 3.16. The predicted octanol–water partition coefficient (Wildman–Crippen LogP) is 2.69. The summed E-state index contributed by atoms with van der Waals surface area (Å²) in [5.74, 6) is 2.48. The van der Waals surface area contributed by atoms with Gasteiger partial charge in [-0.15, -0.1) is 0 Å². The minimum absolute atomic E-state index is 0.453. The Balaban J connectivity index is 2.00. The van der Waals surface area contributed by atoms with E-state index in [0.29, 0.717) is 25.2 Å². The van der Waals surface area contributed by atoms with E-state index in [4.69, 9.17) is 9.47 Å². The summed E-state index contributed by atoms with van der Waals surface area (Å²) >= 11 is 0. The Labute approximate surface area is 108 Å². The summed E-state index contributed by atoms with van der Waals surface area (Å²) in [5, 5.41) is 3.64. The largest absolute Gasteiger partial charge is 0.486 e. The lowest BCUT2D eigenvalue weighted by atomic mass is 9.85. The summed E-state index contributed by atoms with van der Waals surface area (Å²) < 4.78 is 11.4. The highest BCUT2D eigenvalue weighted by atomic mass is 16.6. The van der Waals surface area contributed by atoms with Crippen LogP contribution in [0, 0.1) is 5.92 Å². The summed E-state index contributed by atoms with van der Waals surface area (Å²) in [6, 6.07) is 4.82. The first-order valence-electron chi connectivity index (χ1n) is 6.95. The fraction of sp³-hybridized carbons (Fsp3) is 0.600. The van der Waals surface area contributed by atoms with Crippen LogP contribution in [0.25, 0.3) is 0 Å². The molecule has 0 saturated heterocycles. The number of hydrogen-bond donors (Lipinski definition) is 1. The molecule has 18 heavy (non-hydrogen) atoms. The van der Waals surface area contributed by atoms with Crippen molar-refractivity contribution >= 4 is 0 Å². The van der Waals surface area contributed by atoms with Gasteiger partial charge >= 0.3 is 0 Å². The van der Waals surface area contributed by atoms with Gasteiger partial charge in [-0.1, -0.05) is 20.3 Å². The van der Waals surface area contributed by atoms with E-state index in [0.717, 1.165) is 24.5 Å². The molecule has 0 aliphatic carbocycles. The zero-order valence-electron chi connectivity index (χ0n) is 11.2. The van der Waals surface area contributed by atoms with Gasteiger partial charge in [0.15, 0.2) is 11.5 Å². The molecular weight excluding hydrogens is 226 g/mol. The van der Waals surface area contributed by atoms with Gasteiger partial charge in [0.2, 0.25) is 0 Å². The van der Waals surface area contributed by atoms with Crippen LogP contribution in [0.3, 0.4) is 0 Å². The second-order valence-electron chi connectivity index (χ2n) is 5.26. The van der Waals surface area contributed by atoms with Crippen LogP contribution in [-0.2, 0) is 6.42 Å². The monoisotopic (exact) mass is 247 g/mol. The van der Waals surface area contributed by atoms with Crippen molar-refractivity contribution in [2.45, 2.75) is 32.7 Å². The van der Waals surface area contributed by atoms with Crippen LogP contribution < -0.4 is 14.8 Å². The minimum atomic E-state index is 0.453.